The van der Waals surface area contributed by atoms with Gasteiger partial charge < -0.3 is 9.84 Å². The summed E-state index contributed by atoms with van der Waals surface area (Å²) in [5, 5.41) is 10.1. The van der Waals surface area contributed by atoms with Crippen LogP contribution in [0.2, 0.25) is 0 Å². The molecular weight excluding hydrogens is 475 g/mol. The van der Waals surface area contributed by atoms with Crippen molar-refractivity contribution >= 4 is 51.7 Å². The standard InChI is InChI=1S/C24H19FN4OS3/c1-14-20(23-27-22(28-30-23)19-4-3-13-33-19)21(15-5-7-16(25)8-6-15)26-24(31)29(14)17-9-11-18(32-2)12-10-17/h3-13,21H,1-2H3,(H,26,31). The van der Waals surface area contributed by atoms with Crippen LogP contribution in [0.4, 0.5) is 10.1 Å². The highest BCUT2D eigenvalue weighted by Crippen LogP contribution is 2.39. The van der Waals surface area contributed by atoms with Gasteiger partial charge in [0.2, 0.25) is 5.82 Å². The summed E-state index contributed by atoms with van der Waals surface area (Å²) in [6.07, 6.45) is 2.04. The third kappa shape index (κ3) is 4.19. The number of nitrogens with zero attached hydrogens (tertiary/aromatic N) is 3. The average molecular weight is 495 g/mol. The molecule has 2 aromatic carbocycles. The molecule has 1 aliphatic heterocycles. The second-order valence-electron chi connectivity index (χ2n) is 7.37. The van der Waals surface area contributed by atoms with Gasteiger partial charge in [-0.15, -0.1) is 23.1 Å². The van der Waals surface area contributed by atoms with Crippen molar-refractivity contribution in [2.45, 2.75) is 17.9 Å². The van der Waals surface area contributed by atoms with E-state index in [0.29, 0.717) is 16.8 Å². The molecular formula is C24H19FN4OS3. The van der Waals surface area contributed by atoms with Gasteiger partial charge in [-0.25, -0.2) is 4.39 Å². The van der Waals surface area contributed by atoms with Crippen molar-refractivity contribution in [2.24, 2.45) is 0 Å². The molecule has 1 N–H and O–H groups in total. The number of anilines is 1. The quantitative estimate of drug-likeness (QED) is 0.250. The fraction of sp³-hybridized carbons (Fsp3) is 0.125. The van der Waals surface area contributed by atoms with E-state index in [1.165, 1.54) is 12.1 Å². The molecule has 0 radical (unpaired) electrons. The molecule has 3 heterocycles. The van der Waals surface area contributed by atoms with Crippen molar-refractivity contribution in [3.05, 3.63) is 89.0 Å². The number of hydrogen-bond donors (Lipinski definition) is 1. The van der Waals surface area contributed by atoms with Gasteiger partial charge in [0, 0.05) is 16.3 Å². The van der Waals surface area contributed by atoms with E-state index >= 15 is 0 Å². The summed E-state index contributed by atoms with van der Waals surface area (Å²) in [5.41, 5.74) is 3.43. The maximum atomic E-state index is 13.6. The zero-order valence-corrected chi connectivity index (χ0v) is 20.2. The lowest BCUT2D eigenvalue weighted by Gasteiger charge is -2.37. The Balaban J connectivity index is 1.64. The van der Waals surface area contributed by atoms with E-state index in [4.69, 9.17) is 16.7 Å². The third-order valence-electron chi connectivity index (χ3n) is 5.42. The number of thioether (sulfide) groups is 1. The maximum absolute atomic E-state index is 13.6. The SMILES string of the molecule is CSc1ccc(N2C(=S)NC(c3ccc(F)cc3)C(c3nc(-c4cccs4)no3)=C2C)cc1. The number of aromatic nitrogens is 2. The first-order valence-electron chi connectivity index (χ1n) is 10.1. The van der Waals surface area contributed by atoms with Crippen LogP contribution in [0, 0.1) is 5.82 Å². The Morgan fingerprint density at radius 1 is 1.12 bits per heavy atom. The summed E-state index contributed by atoms with van der Waals surface area (Å²) >= 11 is 8.99. The van der Waals surface area contributed by atoms with E-state index in [9.17, 15) is 4.39 Å². The number of rotatable bonds is 5. The maximum Gasteiger partial charge on any atom is 0.258 e. The second-order valence-corrected chi connectivity index (χ2v) is 9.58. The molecule has 1 aliphatic rings. The van der Waals surface area contributed by atoms with Gasteiger partial charge in [0.05, 0.1) is 16.5 Å². The summed E-state index contributed by atoms with van der Waals surface area (Å²) in [5.74, 6) is 0.626. The first kappa shape index (κ1) is 21.8. The molecule has 166 valence electrons. The van der Waals surface area contributed by atoms with Crippen molar-refractivity contribution in [1.82, 2.24) is 15.5 Å². The van der Waals surface area contributed by atoms with Crippen molar-refractivity contribution in [3.8, 4) is 10.7 Å². The van der Waals surface area contributed by atoms with E-state index < -0.39 is 0 Å². The molecule has 5 nitrogen and oxygen atoms in total. The Bertz CT molecular complexity index is 1310. The largest absolute Gasteiger partial charge is 0.351 e. The Kier molecular flexibility index (Phi) is 6.01. The van der Waals surface area contributed by atoms with Gasteiger partial charge >= 0.3 is 0 Å². The van der Waals surface area contributed by atoms with Crippen LogP contribution in [0.1, 0.15) is 24.4 Å². The third-order valence-corrected chi connectivity index (χ3v) is 7.33. The molecule has 0 spiro atoms. The van der Waals surface area contributed by atoms with E-state index in [1.54, 1.807) is 35.2 Å². The second kappa shape index (κ2) is 9.09. The normalized spacial score (nSPS) is 16.3. The van der Waals surface area contributed by atoms with Crippen molar-refractivity contribution in [1.29, 1.82) is 0 Å². The fourth-order valence-electron chi connectivity index (χ4n) is 3.81. The molecule has 0 fully saturated rings. The molecule has 0 amide bonds. The van der Waals surface area contributed by atoms with E-state index in [-0.39, 0.29) is 11.9 Å². The zero-order chi connectivity index (χ0) is 22.9. The highest BCUT2D eigenvalue weighted by atomic mass is 32.2. The van der Waals surface area contributed by atoms with Gasteiger partial charge in [0.15, 0.2) is 5.11 Å². The average Bonchev–Trinajstić information content (AvgIpc) is 3.52. The molecule has 4 aromatic rings. The van der Waals surface area contributed by atoms with Crippen LogP contribution >= 0.6 is 35.3 Å². The van der Waals surface area contributed by atoms with Crippen molar-refractivity contribution in [3.63, 3.8) is 0 Å². The van der Waals surface area contributed by atoms with Crippen LogP contribution in [0.3, 0.4) is 0 Å². The summed E-state index contributed by atoms with van der Waals surface area (Å²) in [7, 11) is 0. The predicted octanol–water partition coefficient (Wildman–Crippen LogP) is 6.53. The lowest BCUT2D eigenvalue weighted by molar-refractivity contribution is 0.404. The minimum absolute atomic E-state index is 0.298. The lowest BCUT2D eigenvalue weighted by atomic mass is 9.94. The summed E-state index contributed by atoms with van der Waals surface area (Å²) in [4.78, 5) is 8.74. The van der Waals surface area contributed by atoms with E-state index in [1.807, 2.05) is 47.7 Å². The number of halogens is 1. The van der Waals surface area contributed by atoms with Crippen LogP contribution < -0.4 is 10.2 Å². The molecule has 0 saturated heterocycles. The molecule has 2 aromatic heterocycles. The molecule has 0 bridgehead atoms. The first-order chi connectivity index (χ1) is 16.0. The smallest absolute Gasteiger partial charge is 0.258 e. The number of thiocarbonyl (C=S) groups is 1. The van der Waals surface area contributed by atoms with Crippen molar-refractivity contribution in [2.75, 3.05) is 11.2 Å². The van der Waals surface area contributed by atoms with E-state index in [2.05, 4.69) is 27.6 Å². The number of allylic oxidation sites excluding steroid dienone is 1. The van der Waals surface area contributed by atoms with Gasteiger partial charge in [0.1, 0.15) is 5.82 Å². The molecule has 5 rings (SSSR count). The lowest BCUT2D eigenvalue weighted by Crippen LogP contribution is -2.46. The van der Waals surface area contributed by atoms with Gasteiger partial charge in [-0.3, -0.25) is 4.90 Å². The number of thiophene rings is 1. The zero-order valence-electron chi connectivity index (χ0n) is 17.8. The van der Waals surface area contributed by atoms with Crippen LogP contribution in [-0.2, 0) is 0 Å². The Hall–Kier alpha value is -3.01. The van der Waals surface area contributed by atoms with Gasteiger partial charge in [-0.1, -0.05) is 23.4 Å². The molecule has 0 aliphatic carbocycles. The predicted molar refractivity (Wildman–Crippen MR) is 136 cm³/mol. The van der Waals surface area contributed by atoms with Gasteiger partial charge in [-0.05, 0) is 78.8 Å². The van der Waals surface area contributed by atoms with Gasteiger partial charge in [-0.2, -0.15) is 4.98 Å². The highest BCUT2D eigenvalue weighted by Gasteiger charge is 2.34. The Morgan fingerprint density at radius 3 is 2.55 bits per heavy atom. The number of benzene rings is 2. The molecule has 33 heavy (non-hydrogen) atoms. The molecule has 9 heteroatoms. The molecule has 0 saturated carbocycles. The topological polar surface area (TPSA) is 54.2 Å². The first-order valence-corrected chi connectivity index (χ1v) is 12.7. The summed E-state index contributed by atoms with van der Waals surface area (Å²) in [6.45, 7) is 1.98. The number of hydrogen-bond acceptors (Lipinski definition) is 6. The van der Waals surface area contributed by atoms with Crippen LogP contribution in [0.15, 0.2) is 81.2 Å². The molecule has 1 atom stereocenters. The monoisotopic (exact) mass is 494 g/mol. The fourth-order valence-corrected chi connectivity index (χ4v) is 5.22. The van der Waals surface area contributed by atoms with Crippen LogP contribution in [0.25, 0.3) is 16.3 Å². The molecule has 1 unspecified atom stereocenters. The Morgan fingerprint density at radius 2 is 1.88 bits per heavy atom. The minimum Gasteiger partial charge on any atom is -0.351 e. The Labute approximate surface area is 204 Å². The van der Waals surface area contributed by atoms with Crippen LogP contribution in [-0.4, -0.2) is 21.5 Å². The van der Waals surface area contributed by atoms with Crippen LogP contribution in [0.5, 0.6) is 0 Å². The highest BCUT2D eigenvalue weighted by molar-refractivity contribution is 7.98. The minimum atomic E-state index is -0.364. The summed E-state index contributed by atoms with van der Waals surface area (Å²) < 4.78 is 19.4. The summed E-state index contributed by atoms with van der Waals surface area (Å²) in [6, 6.07) is 18.1. The van der Waals surface area contributed by atoms with E-state index in [0.717, 1.165) is 32.3 Å². The van der Waals surface area contributed by atoms with Crippen molar-refractivity contribution < 1.29 is 8.91 Å². The number of nitrogens with one attached hydrogen (secondary N) is 1. The van der Waals surface area contributed by atoms with Gasteiger partial charge in [0.25, 0.3) is 5.89 Å².